The highest BCUT2D eigenvalue weighted by molar-refractivity contribution is 9.10. The van der Waals surface area contributed by atoms with E-state index in [1.807, 2.05) is 12.3 Å². The van der Waals surface area contributed by atoms with Crippen LogP contribution in [0.5, 0.6) is 5.88 Å². The lowest BCUT2D eigenvalue weighted by molar-refractivity contribution is 0.430. The first-order valence-corrected chi connectivity index (χ1v) is 7.13. The molecule has 0 aliphatic heterocycles. The van der Waals surface area contributed by atoms with Crippen molar-refractivity contribution in [1.82, 2.24) is 4.57 Å². The molecule has 5 heteroatoms. The smallest absolute Gasteiger partial charge is 0.200 e. The third kappa shape index (κ3) is 2.41. The summed E-state index contributed by atoms with van der Waals surface area (Å²) in [6, 6.07) is 9.82. The monoisotopic (exact) mass is 353 g/mol. The Morgan fingerprint density at radius 1 is 1.20 bits per heavy atom. The van der Waals surface area contributed by atoms with Crippen LogP contribution in [0.1, 0.15) is 5.56 Å². The van der Waals surface area contributed by atoms with Gasteiger partial charge in [-0.1, -0.05) is 39.7 Å². The zero-order valence-electron chi connectivity index (χ0n) is 10.3. The van der Waals surface area contributed by atoms with Crippen LogP contribution in [0, 0.1) is 5.82 Å². The normalized spacial score (nSPS) is 11.2. The summed E-state index contributed by atoms with van der Waals surface area (Å²) in [5.41, 5.74) is 0.900. The minimum Gasteiger partial charge on any atom is -0.494 e. The molecule has 0 fully saturated rings. The van der Waals surface area contributed by atoms with Crippen LogP contribution in [0.25, 0.3) is 10.8 Å². The van der Waals surface area contributed by atoms with Crippen molar-refractivity contribution in [2.75, 3.05) is 0 Å². The summed E-state index contributed by atoms with van der Waals surface area (Å²) in [7, 11) is 0. The number of fused-ring (bicyclic) bond motifs is 1. The number of hydrogen-bond acceptors (Lipinski definition) is 1. The molecule has 1 aromatic heterocycles. The molecule has 1 N–H and O–H groups in total. The number of nitrogens with zero attached hydrogens (tertiary/aromatic N) is 1. The van der Waals surface area contributed by atoms with E-state index in [-0.39, 0.29) is 11.7 Å². The zero-order valence-corrected chi connectivity index (χ0v) is 12.6. The summed E-state index contributed by atoms with van der Waals surface area (Å²) in [4.78, 5) is 0. The van der Waals surface area contributed by atoms with E-state index in [0.29, 0.717) is 17.0 Å². The Balaban J connectivity index is 2.06. The Bertz CT molecular complexity index is 783. The predicted molar refractivity (Wildman–Crippen MR) is 81.8 cm³/mol. The first kappa shape index (κ1) is 13.5. The van der Waals surface area contributed by atoms with Crippen LogP contribution in [0.2, 0.25) is 5.02 Å². The summed E-state index contributed by atoms with van der Waals surface area (Å²) in [5, 5.41) is 12.2. The van der Waals surface area contributed by atoms with E-state index >= 15 is 0 Å². The highest BCUT2D eigenvalue weighted by atomic mass is 79.9. The maximum Gasteiger partial charge on any atom is 0.200 e. The van der Waals surface area contributed by atoms with Crippen molar-refractivity contribution in [2.45, 2.75) is 6.54 Å². The molecule has 0 saturated heterocycles. The molecule has 3 aromatic rings. The summed E-state index contributed by atoms with van der Waals surface area (Å²) in [6.07, 6.45) is 1.82. The fraction of sp³-hybridized carbons (Fsp3) is 0.0667. The van der Waals surface area contributed by atoms with Gasteiger partial charge in [0, 0.05) is 16.1 Å². The molecule has 0 aliphatic rings. The maximum atomic E-state index is 12.9. The maximum absolute atomic E-state index is 12.9. The second-order valence-corrected chi connectivity index (χ2v) is 5.88. The van der Waals surface area contributed by atoms with E-state index in [4.69, 9.17) is 11.6 Å². The molecule has 0 unspecified atom stereocenters. The molecule has 2 nitrogen and oxygen atoms in total. The number of aromatic nitrogens is 1. The van der Waals surface area contributed by atoms with Crippen molar-refractivity contribution < 1.29 is 9.50 Å². The van der Waals surface area contributed by atoms with Gasteiger partial charge in [-0.25, -0.2) is 4.39 Å². The van der Waals surface area contributed by atoms with Crippen LogP contribution in [0.3, 0.4) is 0 Å². The van der Waals surface area contributed by atoms with Gasteiger partial charge in [0.2, 0.25) is 5.88 Å². The summed E-state index contributed by atoms with van der Waals surface area (Å²) >= 11 is 9.53. The number of halogens is 3. The van der Waals surface area contributed by atoms with Gasteiger partial charge in [-0.15, -0.1) is 0 Å². The second-order valence-electron chi connectivity index (χ2n) is 4.56. The standard InChI is InChI=1S/C15H10BrClFNO/c16-11-5-10-8-19(15(20)14(10)13(17)6-11)7-9-1-3-12(18)4-2-9/h1-6,8,20H,7H2. The summed E-state index contributed by atoms with van der Waals surface area (Å²) < 4.78 is 15.4. The molecule has 2 aromatic carbocycles. The van der Waals surface area contributed by atoms with Crippen molar-refractivity contribution in [3.8, 4) is 5.88 Å². The lowest BCUT2D eigenvalue weighted by Gasteiger charge is -2.05. The topological polar surface area (TPSA) is 25.2 Å². The fourth-order valence-electron chi connectivity index (χ4n) is 2.21. The fourth-order valence-corrected chi connectivity index (χ4v) is 3.13. The number of hydrogen-bond donors (Lipinski definition) is 1. The molecule has 102 valence electrons. The van der Waals surface area contributed by atoms with E-state index in [0.717, 1.165) is 15.4 Å². The van der Waals surface area contributed by atoms with Gasteiger partial charge in [0.15, 0.2) is 0 Å². The zero-order chi connectivity index (χ0) is 14.3. The van der Waals surface area contributed by atoms with E-state index in [1.54, 1.807) is 22.8 Å². The van der Waals surface area contributed by atoms with E-state index in [9.17, 15) is 9.50 Å². The molecule has 0 amide bonds. The van der Waals surface area contributed by atoms with Gasteiger partial charge in [-0.05, 0) is 29.8 Å². The van der Waals surface area contributed by atoms with Crippen molar-refractivity contribution in [3.63, 3.8) is 0 Å². The Hall–Kier alpha value is -1.52. The van der Waals surface area contributed by atoms with Gasteiger partial charge in [0.25, 0.3) is 0 Å². The minimum atomic E-state index is -0.275. The van der Waals surface area contributed by atoms with Gasteiger partial charge in [-0.3, -0.25) is 0 Å². The molecular formula is C15H10BrClFNO. The summed E-state index contributed by atoms with van der Waals surface area (Å²) in [6.45, 7) is 0.453. The highest BCUT2D eigenvalue weighted by Gasteiger charge is 2.12. The van der Waals surface area contributed by atoms with Crippen LogP contribution in [-0.4, -0.2) is 9.67 Å². The van der Waals surface area contributed by atoms with Crippen LogP contribution < -0.4 is 0 Å². The number of aromatic hydroxyl groups is 1. The Morgan fingerprint density at radius 3 is 2.60 bits per heavy atom. The molecule has 0 atom stereocenters. The molecule has 0 spiro atoms. The van der Waals surface area contributed by atoms with E-state index < -0.39 is 0 Å². The average molecular weight is 355 g/mol. The van der Waals surface area contributed by atoms with Gasteiger partial charge >= 0.3 is 0 Å². The third-order valence-electron chi connectivity index (χ3n) is 3.14. The average Bonchev–Trinajstić information content (AvgIpc) is 2.69. The van der Waals surface area contributed by atoms with Crippen LogP contribution >= 0.6 is 27.5 Å². The molecule has 0 bridgehead atoms. The van der Waals surface area contributed by atoms with E-state index in [1.165, 1.54) is 12.1 Å². The largest absolute Gasteiger partial charge is 0.494 e. The van der Waals surface area contributed by atoms with Crippen molar-refractivity contribution >= 4 is 38.3 Å². The van der Waals surface area contributed by atoms with Crippen molar-refractivity contribution in [1.29, 1.82) is 0 Å². The van der Waals surface area contributed by atoms with Crippen LogP contribution in [0.15, 0.2) is 47.1 Å². The van der Waals surface area contributed by atoms with Gasteiger partial charge in [0.05, 0.1) is 17.0 Å². The Morgan fingerprint density at radius 2 is 1.90 bits per heavy atom. The molecule has 0 aliphatic carbocycles. The van der Waals surface area contributed by atoms with Gasteiger partial charge in [0.1, 0.15) is 5.82 Å². The third-order valence-corrected chi connectivity index (χ3v) is 3.90. The Kier molecular flexibility index (Phi) is 3.44. The second kappa shape index (κ2) is 5.11. The molecular weight excluding hydrogens is 345 g/mol. The lowest BCUT2D eigenvalue weighted by atomic mass is 10.2. The van der Waals surface area contributed by atoms with Gasteiger partial charge in [-0.2, -0.15) is 0 Å². The number of benzene rings is 2. The molecule has 20 heavy (non-hydrogen) atoms. The lowest BCUT2D eigenvalue weighted by Crippen LogP contribution is -1.97. The van der Waals surface area contributed by atoms with Crippen molar-refractivity contribution in [2.24, 2.45) is 0 Å². The number of rotatable bonds is 2. The van der Waals surface area contributed by atoms with Gasteiger partial charge < -0.3 is 9.67 Å². The predicted octanol–water partition coefficient (Wildman–Crippen LogP) is 4.95. The first-order chi connectivity index (χ1) is 9.54. The molecule has 3 rings (SSSR count). The molecule has 1 heterocycles. The van der Waals surface area contributed by atoms with Crippen LogP contribution in [0.4, 0.5) is 4.39 Å². The van der Waals surface area contributed by atoms with Crippen LogP contribution in [-0.2, 0) is 6.54 Å². The van der Waals surface area contributed by atoms with E-state index in [2.05, 4.69) is 15.9 Å². The van der Waals surface area contributed by atoms with Crippen molar-refractivity contribution in [3.05, 3.63) is 63.5 Å². The highest BCUT2D eigenvalue weighted by Crippen LogP contribution is 2.36. The minimum absolute atomic E-state index is 0.113. The molecule has 0 saturated carbocycles. The first-order valence-electron chi connectivity index (χ1n) is 5.96. The Labute approximate surface area is 128 Å². The quantitative estimate of drug-likeness (QED) is 0.692. The summed E-state index contributed by atoms with van der Waals surface area (Å²) in [5.74, 6) is -0.163. The SMILES string of the molecule is Oc1c2c(Cl)cc(Br)cc2cn1Cc1ccc(F)cc1. The molecule has 0 radical (unpaired) electrons.